The molecule has 7 atom stereocenters. The van der Waals surface area contributed by atoms with Gasteiger partial charge in [-0.15, -0.1) is 0 Å². The van der Waals surface area contributed by atoms with E-state index in [0.717, 1.165) is 45.7 Å². The standard InChI is InChI=1S/C17H32N4O2/c1-12-5-8-22-7-2-6-21-11-13(10-18-21)17-15-9-14(23-12)3-4-16(15)19-20-17/h12-20H,2-11H2,1H3/t12-,13?,14?,15?,16?,17?/m1/s1. The Bertz CT molecular complexity index is 397. The summed E-state index contributed by atoms with van der Waals surface area (Å²) < 4.78 is 12.1. The van der Waals surface area contributed by atoms with Crippen LogP contribution < -0.4 is 16.3 Å². The van der Waals surface area contributed by atoms with Gasteiger partial charge in [0.15, 0.2) is 0 Å². The van der Waals surface area contributed by atoms with Crippen LogP contribution in [0.1, 0.15) is 39.0 Å². The molecule has 4 aliphatic rings. The molecule has 0 spiro atoms. The van der Waals surface area contributed by atoms with E-state index in [9.17, 15) is 0 Å². The Morgan fingerprint density at radius 2 is 2.04 bits per heavy atom. The van der Waals surface area contributed by atoms with Crippen molar-refractivity contribution in [1.29, 1.82) is 0 Å². The van der Waals surface area contributed by atoms with E-state index in [1.165, 1.54) is 19.3 Å². The quantitative estimate of drug-likeness (QED) is 0.608. The molecule has 0 radical (unpaired) electrons. The first-order valence-corrected chi connectivity index (χ1v) is 9.52. The lowest BCUT2D eigenvalue weighted by molar-refractivity contribution is -0.0484. The Balaban J connectivity index is 1.45. The second-order valence-electron chi connectivity index (χ2n) is 7.79. The molecule has 3 N–H and O–H groups in total. The zero-order valence-corrected chi connectivity index (χ0v) is 14.3. The maximum atomic E-state index is 6.34. The number of rotatable bonds is 0. The molecule has 4 rings (SSSR count). The van der Waals surface area contributed by atoms with Gasteiger partial charge in [0.2, 0.25) is 0 Å². The van der Waals surface area contributed by atoms with Gasteiger partial charge in [-0.1, -0.05) is 0 Å². The van der Waals surface area contributed by atoms with Gasteiger partial charge in [-0.2, -0.15) is 0 Å². The van der Waals surface area contributed by atoms with Crippen molar-refractivity contribution < 1.29 is 9.47 Å². The normalized spacial score (nSPS) is 48.7. The fourth-order valence-electron chi connectivity index (χ4n) is 4.82. The van der Waals surface area contributed by atoms with E-state index in [1.54, 1.807) is 0 Å². The fraction of sp³-hybridized carbons (Fsp3) is 1.00. The van der Waals surface area contributed by atoms with Crippen LogP contribution in [0.4, 0.5) is 0 Å². The van der Waals surface area contributed by atoms with Crippen LogP contribution in [0.3, 0.4) is 0 Å². The number of nitrogens with zero attached hydrogens (tertiary/aromatic N) is 1. The second-order valence-corrected chi connectivity index (χ2v) is 7.79. The molecule has 6 nitrogen and oxygen atoms in total. The van der Waals surface area contributed by atoms with Gasteiger partial charge in [-0.25, -0.2) is 5.01 Å². The molecule has 0 aromatic rings. The van der Waals surface area contributed by atoms with E-state index < -0.39 is 0 Å². The van der Waals surface area contributed by atoms with Crippen molar-refractivity contribution in [3.63, 3.8) is 0 Å². The largest absolute Gasteiger partial charge is 0.381 e. The highest BCUT2D eigenvalue weighted by molar-refractivity contribution is 5.00. The minimum atomic E-state index is 0.310. The highest BCUT2D eigenvalue weighted by Gasteiger charge is 2.45. The summed E-state index contributed by atoms with van der Waals surface area (Å²) in [5.74, 6) is 1.38. The van der Waals surface area contributed by atoms with Crippen LogP contribution in [-0.2, 0) is 9.47 Å². The van der Waals surface area contributed by atoms with Crippen LogP contribution in [0, 0.1) is 11.8 Å². The van der Waals surface area contributed by atoms with Crippen molar-refractivity contribution in [3.05, 3.63) is 0 Å². The number of hydrogen-bond acceptors (Lipinski definition) is 6. The van der Waals surface area contributed by atoms with Crippen molar-refractivity contribution in [2.75, 3.05) is 32.8 Å². The predicted octanol–water partition coefficient (Wildman–Crippen LogP) is 0.652. The summed E-state index contributed by atoms with van der Waals surface area (Å²) in [4.78, 5) is 0. The van der Waals surface area contributed by atoms with E-state index >= 15 is 0 Å². The van der Waals surface area contributed by atoms with Crippen LogP contribution in [0.5, 0.6) is 0 Å². The molecule has 3 aliphatic heterocycles. The van der Waals surface area contributed by atoms with E-state index in [4.69, 9.17) is 9.47 Å². The Hall–Kier alpha value is -0.240. The fourth-order valence-corrected chi connectivity index (χ4v) is 4.82. The molecule has 1 saturated carbocycles. The van der Waals surface area contributed by atoms with Crippen LogP contribution >= 0.6 is 0 Å². The molecule has 4 bridgehead atoms. The van der Waals surface area contributed by atoms with Crippen LogP contribution in [0.15, 0.2) is 0 Å². The lowest BCUT2D eigenvalue weighted by Crippen LogP contribution is -2.42. The van der Waals surface area contributed by atoms with Gasteiger partial charge in [0.05, 0.1) is 12.2 Å². The molecule has 23 heavy (non-hydrogen) atoms. The van der Waals surface area contributed by atoms with Crippen LogP contribution in [0.2, 0.25) is 0 Å². The van der Waals surface area contributed by atoms with Gasteiger partial charge >= 0.3 is 0 Å². The average Bonchev–Trinajstić information content (AvgIpc) is 3.16. The summed E-state index contributed by atoms with van der Waals surface area (Å²) in [6, 6.07) is 1.20. The maximum Gasteiger partial charge on any atom is 0.0583 e. The molecule has 3 heterocycles. The summed E-state index contributed by atoms with van der Waals surface area (Å²) in [7, 11) is 0. The molecule has 3 saturated heterocycles. The van der Waals surface area contributed by atoms with Gasteiger partial charge in [-0.3, -0.25) is 16.3 Å². The zero-order valence-electron chi connectivity index (χ0n) is 14.3. The van der Waals surface area contributed by atoms with Crippen molar-refractivity contribution in [2.24, 2.45) is 11.8 Å². The first-order chi connectivity index (χ1) is 11.3. The molecular weight excluding hydrogens is 292 g/mol. The molecule has 132 valence electrons. The minimum Gasteiger partial charge on any atom is -0.381 e. The third-order valence-corrected chi connectivity index (χ3v) is 6.10. The van der Waals surface area contributed by atoms with Gasteiger partial charge in [0.1, 0.15) is 0 Å². The lowest BCUT2D eigenvalue weighted by Gasteiger charge is -2.35. The number of hydrazine groups is 2. The van der Waals surface area contributed by atoms with Gasteiger partial charge in [0, 0.05) is 50.8 Å². The van der Waals surface area contributed by atoms with Gasteiger partial charge in [-0.05, 0) is 44.9 Å². The molecule has 4 fully saturated rings. The van der Waals surface area contributed by atoms with E-state index in [2.05, 4.69) is 28.2 Å². The molecular formula is C17H32N4O2. The molecule has 6 heteroatoms. The second kappa shape index (κ2) is 7.33. The minimum absolute atomic E-state index is 0.310. The first kappa shape index (κ1) is 16.2. The number of fused-ring (bicyclic) bond motifs is 4. The molecule has 1 aliphatic carbocycles. The lowest BCUT2D eigenvalue weighted by atomic mass is 9.76. The van der Waals surface area contributed by atoms with Gasteiger partial charge in [0.25, 0.3) is 0 Å². The Morgan fingerprint density at radius 3 is 3.00 bits per heavy atom. The molecule has 6 unspecified atom stereocenters. The Morgan fingerprint density at radius 1 is 1.09 bits per heavy atom. The first-order valence-electron chi connectivity index (χ1n) is 9.52. The molecule has 0 amide bonds. The smallest absolute Gasteiger partial charge is 0.0583 e. The predicted molar refractivity (Wildman–Crippen MR) is 88.6 cm³/mol. The zero-order chi connectivity index (χ0) is 15.6. The van der Waals surface area contributed by atoms with Crippen molar-refractivity contribution >= 4 is 0 Å². The van der Waals surface area contributed by atoms with E-state index in [-0.39, 0.29) is 0 Å². The molecule has 0 aromatic heterocycles. The summed E-state index contributed by atoms with van der Waals surface area (Å²) >= 11 is 0. The third kappa shape index (κ3) is 3.72. The SMILES string of the molecule is C[C@@H]1CCOCCCN2CC(CN2)C2NNC3CCC(CC32)O1. The van der Waals surface area contributed by atoms with Crippen molar-refractivity contribution in [3.8, 4) is 0 Å². The van der Waals surface area contributed by atoms with Crippen LogP contribution in [-0.4, -0.2) is 62.1 Å². The van der Waals surface area contributed by atoms with Crippen LogP contribution in [0.25, 0.3) is 0 Å². The van der Waals surface area contributed by atoms with E-state index in [1.807, 2.05) is 0 Å². The van der Waals surface area contributed by atoms with Crippen molar-refractivity contribution in [2.45, 2.75) is 63.3 Å². The number of hydrogen-bond donors (Lipinski definition) is 3. The average molecular weight is 324 g/mol. The number of ether oxygens (including phenoxy) is 2. The molecule has 0 aromatic carbocycles. The summed E-state index contributed by atoms with van der Waals surface area (Å²) in [5, 5.41) is 2.39. The Labute approximate surface area is 139 Å². The monoisotopic (exact) mass is 324 g/mol. The maximum absolute atomic E-state index is 6.34. The summed E-state index contributed by atoms with van der Waals surface area (Å²) in [6.07, 6.45) is 6.44. The summed E-state index contributed by atoms with van der Waals surface area (Å²) in [6.45, 7) is 7.19. The van der Waals surface area contributed by atoms with Crippen molar-refractivity contribution in [1.82, 2.24) is 21.3 Å². The highest BCUT2D eigenvalue weighted by atomic mass is 16.5. The summed E-state index contributed by atoms with van der Waals surface area (Å²) in [5.41, 5.74) is 10.8. The Kier molecular flexibility index (Phi) is 5.18. The third-order valence-electron chi connectivity index (χ3n) is 6.10. The topological polar surface area (TPSA) is 57.8 Å². The van der Waals surface area contributed by atoms with E-state index in [0.29, 0.717) is 36.1 Å². The highest BCUT2D eigenvalue weighted by Crippen LogP contribution is 2.36. The number of nitrogens with one attached hydrogen (secondary N) is 3. The van der Waals surface area contributed by atoms with Gasteiger partial charge < -0.3 is 9.47 Å².